The third kappa shape index (κ3) is 7.56. The zero-order valence-corrected chi connectivity index (χ0v) is 23.2. The van der Waals surface area contributed by atoms with Gasteiger partial charge in [-0.15, -0.1) is 10.2 Å². The summed E-state index contributed by atoms with van der Waals surface area (Å²) < 4.78 is 2.10. The third-order valence-corrected chi connectivity index (χ3v) is 7.02. The van der Waals surface area contributed by atoms with Crippen LogP contribution in [-0.4, -0.2) is 20.7 Å². The molecule has 4 aromatic rings. The number of nitrogens with zero attached hydrogens (tertiary/aromatic N) is 3. The summed E-state index contributed by atoms with van der Waals surface area (Å²) in [5.41, 5.74) is 5.68. The Morgan fingerprint density at radius 2 is 1.59 bits per heavy atom. The minimum absolute atomic E-state index is 0.0147. The molecule has 1 heterocycles. The molecule has 6 heteroatoms. The lowest BCUT2D eigenvalue weighted by atomic mass is 9.91. The first-order chi connectivity index (χ1) is 17.7. The summed E-state index contributed by atoms with van der Waals surface area (Å²) in [7, 11) is 0. The van der Waals surface area contributed by atoms with E-state index in [1.807, 2.05) is 18.2 Å². The molecule has 0 saturated heterocycles. The molecular weight excluding hydrogens is 476 g/mol. The maximum atomic E-state index is 13.1. The van der Waals surface area contributed by atoms with E-state index in [4.69, 9.17) is 0 Å². The SMILES string of the molecule is Cc1ccc(-n2c(SCc3cccc(C)c3)nnc2C(Cc2ccccc2)NC(=O)CC(C)(C)C)cc1. The summed E-state index contributed by atoms with van der Waals surface area (Å²) in [5.74, 6) is 1.54. The Morgan fingerprint density at radius 3 is 2.27 bits per heavy atom. The van der Waals surface area contributed by atoms with Crippen molar-refractivity contribution in [2.75, 3.05) is 0 Å². The number of thioether (sulfide) groups is 1. The maximum absolute atomic E-state index is 13.1. The van der Waals surface area contributed by atoms with Crippen molar-refractivity contribution in [3.8, 4) is 5.69 Å². The number of hydrogen-bond donors (Lipinski definition) is 1. The predicted octanol–water partition coefficient (Wildman–Crippen LogP) is 7.01. The van der Waals surface area contributed by atoms with Crippen molar-refractivity contribution in [1.29, 1.82) is 0 Å². The zero-order chi connectivity index (χ0) is 26.4. The molecule has 4 rings (SSSR count). The van der Waals surface area contributed by atoms with Gasteiger partial charge in [0, 0.05) is 17.9 Å². The lowest BCUT2D eigenvalue weighted by Gasteiger charge is -2.23. The van der Waals surface area contributed by atoms with Gasteiger partial charge in [0.25, 0.3) is 0 Å². The maximum Gasteiger partial charge on any atom is 0.221 e. The van der Waals surface area contributed by atoms with Gasteiger partial charge >= 0.3 is 0 Å². The highest BCUT2D eigenvalue weighted by atomic mass is 32.2. The van der Waals surface area contributed by atoms with E-state index >= 15 is 0 Å². The number of benzene rings is 3. The number of carbonyl (C=O) groups excluding carboxylic acids is 1. The molecule has 1 unspecified atom stereocenters. The van der Waals surface area contributed by atoms with Gasteiger partial charge in [0.1, 0.15) is 0 Å². The third-order valence-electron chi connectivity index (χ3n) is 6.02. The zero-order valence-electron chi connectivity index (χ0n) is 22.4. The largest absolute Gasteiger partial charge is 0.346 e. The van der Waals surface area contributed by atoms with Gasteiger partial charge in [-0.2, -0.15) is 0 Å². The van der Waals surface area contributed by atoms with E-state index in [2.05, 4.69) is 115 Å². The van der Waals surface area contributed by atoms with Gasteiger partial charge in [-0.1, -0.05) is 110 Å². The second kappa shape index (κ2) is 11.8. The standard InChI is InChI=1S/C31H36N4OS/c1-22-14-16-26(17-15-22)35-29(33-34-30(35)37-21-25-13-9-10-23(2)18-25)27(19-24-11-7-6-8-12-24)32-28(36)20-31(3,4)5/h6-18,27H,19-21H2,1-5H3,(H,32,36). The number of hydrogen-bond acceptors (Lipinski definition) is 4. The van der Waals surface area contributed by atoms with E-state index in [-0.39, 0.29) is 17.4 Å². The summed E-state index contributed by atoms with van der Waals surface area (Å²) in [6.45, 7) is 10.4. The quantitative estimate of drug-likeness (QED) is 0.245. The van der Waals surface area contributed by atoms with E-state index in [1.54, 1.807) is 11.8 Å². The molecule has 1 aromatic heterocycles. The van der Waals surface area contributed by atoms with Gasteiger partial charge < -0.3 is 5.32 Å². The van der Waals surface area contributed by atoms with Crippen molar-refractivity contribution < 1.29 is 4.79 Å². The van der Waals surface area contributed by atoms with E-state index in [1.165, 1.54) is 16.7 Å². The van der Waals surface area contributed by atoms with Crippen molar-refractivity contribution in [3.63, 3.8) is 0 Å². The fraction of sp³-hybridized carbons (Fsp3) is 0.323. The second-order valence-electron chi connectivity index (χ2n) is 10.8. The van der Waals surface area contributed by atoms with Gasteiger partial charge in [-0.05, 0) is 48.9 Å². The van der Waals surface area contributed by atoms with Crippen LogP contribution in [0, 0.1) is 19.3 Å². The Hall–Kier alpha value is -3.38. The molecule has 0 aliphatic rings. The van der Waals surface area contributed by atoms with E-state index in [9.17, 15) is 4.79 Å². The van der Waals surface area contributed by atoms with Crippen LogP contribution < -0.4 is 5.32 Å². The molecule has 192 valence electrons. The van der Waals surface area contributed by atoms with Crippen LogP contribution in [0.15, 0.2) is 84.0 Å². The molecule has 37 heavy (non-hydrogen) atoms. The first kappa shape index (κ1) is 26.7. The van der Waals surface area contributed by atoms with Crippen LogP contribution in [0.25, 0.3) is 5.69 Å². The molecule has 1 amide bonds. The Balaban J connectivity index is 1.72. The number of rotatable bonds is 9. The number of nitrogens with one attached hydrogen (secondary N) is 1. The molecule has 1 atom stereocenters. The molecule has 0 fully saturated rings. The van der Waals surface area contributed by atoms with Gasteiger partial charge in [0.05, 0.1) is 6.04 Å². The van der Waals surface area contributed by atoms with Crippen molar-refractivity contribution in [2.24, 2.45) is 5.41 Å². The molecular formula is C31H36N4OS. The van der Waals surface area contributed by atoms with Crippen LogP contribution in [0.3, 0.4) is 0 Å². The summed E-state index contributed by atoms with van der Waals surface area (Å²) in [4.78, 5) is 13.1. The van der Waals surface area contributed by atoms with Crippen molar-refractivity contribution in [1.82, 2.24) is 20.1 Å². The normalized spacial score (nSPS) is 12.4. The minimum Gasteiger partial charge on any atom is -0.346 e. The van der Waals surface area contributed by atoms with Crippen LogP contribution in [0.5, 0.6) is 0 Å². The molecule has 0 bridgehead atoms. The monoisotopic (exact) mass is 512 g/mol. The topological polar surface area (TPSA) is 59.8 Å². The Bertz CT molecular complexity index is 1320. The number of carbonyl (C=O) groups is 1. The van der Waals surface area contributed by atoms with Gasteiger partial charge in [0.15, 0.2) is 11.0 Å². The van der Waals surface area contributed by atoms with Gasteiger partial charge in [-0.25, -0.2) is 0 Å². The highest BCUT2D eigenvalue weighted by molar-refractivity contribution is 7.98. The molecule has 1 N–H and O–H groups in total. The van der Waals surface area contributed by atoms with Crippen molar-refractivity contribution in [2.45, 2.75) is 64.4 Å². The average Bonchev–Trinajstić information content (AvgIpc) is 3.26. The Labute approximate surface area is 224 Å². The second-order valence-corrected chi connectivity index (χ2v) is 11.8. The van der Waals surface area contributed by atoms with Gasteiger partial charge in [-0.3, -0.25) is 9.36 Å². The smallest absolute Gasteiger partial charge is 0.221 e. The molecule has 0 radical (unpaired) electrons. The van der Waals surface area contributed by atoms with Crippen LogP contribution in [-0.2, 0) is 17.0 Å². The van der Waals surface area contributed by atoms with E-state index in [0.717, 1.165) is 28.0 Å². The first-order valence-corrected chi connectivity index (χ1v) is 13.7. The molecule has 5 nitrogen and oxygen atoms in total. The fourth-order valence-electron chi connectivity index (χ4n) is 4.27. The molecule has 0 saturated carbocycles. The number of aromatic nitrogens is 3. The van der Waals surface area contributed by atoms with Crippen molar-refractivity contribution in [3.05, 3.63) is 107 Å². The summed E-state index contributed by atoms with van der Waals surface area (Å²) >= 11 is 1.66. The Morgan fingerprint density at radius 1 is 0.892 bits per heavy atom. The molecule has 0 spiro atoms. The van der Waals surface area contributed by atoms with Crippen LogP contribution in [0.4, 0.5) is 0 Å². The first-order valence-electron chi connectivity index (χ1n) is 12.7. The average molecular weight is 513 g/mol. The number of aryl methyl sites for hydroxylation is 2. The highest BCUT2D eigenvalue weighted by Crippen LogP contribution is 2.30. The van der Waals surface area contributed by atoms with Crippen LogP contribution >= 0.6 is 11.8 Å². The fourth-order valence-corrected chi connectivity index (χ4v) is 5.17. The summed E-state index contributed by atoms with van der Waals surface area (Å²) in [6.07, 6.45) is 1.06. The highest BCUT2D eigenvalue weighted by Gasteiger charge is 2.26. The predicted molar refractivity (Wildman–Crippen MR) is 152 cm³/mol. The molecule has 0 aliphatic heterocycles. The van der Waals surface area contributed by atoms with Crippen LogP contribution in [0.2, 0.25) is 0 Å². The van der Waals surface area contributed by atoms with E-state index < -0.39 is 0 Å². The molecule has 3 aromatic carbocycles. The molecule has 0 aliphatic carbocycles. The van der Waals surface area contributed by atoms with Gasteiger partial charge in [0.2, 0.25) is 5.91 Å². The summed E-state index contributed by atoms with van der Waals surface area (Å²) in [6, 6.07) is 26.8. The van der Waals surface area contributed by atoms with E-state index in [0.29, 0.717) is 12.8 Å². The van der Waals surface area contributed by atoms with Crippen molar-refractivity contribution >= 4 is 17.7 Å². The number of amides is 1. The summed E-state index contributed by atoms with van der Waals surface area (Å²) in [5, 5.41) is 13.4. The van der Waals surface area contributed by atoms with Crippen LogP contribution in [0.1, 0.15) is 61.3 Å². The lowest BCUT2D eigenvalue weighted by Crippen LogP contribution is -2.34. The Kier molecular flexibility index (Phi) is 8.49. The lowest BCUT2D eigenvalue weighted by molar-refractivity contribution is -0.123. The minimum atomic E-state index is -0.320.